The SMILES string of the molecule is CCC1(CC)CN(c2ccc(OC(F)F)cn2)CCS1=O. The predicted octanol–water partition coefficient (Wildman–Crippen LogP) is 2.81. The summed E-state index contributed by atoms with van der Waals surface area (Å²) >= 11 is 0. The van der Waals surface area contributed by atoms with E-state index in [9.17, 15) is 13.0 Å². The van der Waals surface area contributed by atoms with Crippen molar-refractivity contribution in [2.24, 2.45) is 0 Å². The molecule has 0 spiro atoms. The van der Waals surface area contributed by atoms with Crippen molar-refractivity contribution in [3.05, 3.63) is 18.3 Å². The largest absolute Gasteiger partial charge is 0.433 e. The summed E-state index contributed by atoms with van der Waals surface area (Å²) in [7, 11) is -0.837. The maximum atomic E-state index is 12.3. The molecule has 4 nitrogen and oxygen atoms in total. The molecule has 0 saturated carbocycles. The van der Waals surface area contributed by atoms with E-state index in [1.54, 1.807) is 6.07 Å². The molecule has 1 atom stereocenters. The summed E-state index contributed by atoms with van der Waals surface area (Å²) in [6.07, 6.45) is 2.99. The Morgan fingerprint density at radius 3 is 2.67 bits per heavy atom. The lowest BCUT2D eigenvalue weighted by Gasteiger charge is -2.41. The van der Waals surface area contributed by atoms with Gasteiger partial charge in [-0.2, -0.15) is 8.78 Å². The van der Waals surface area contributed by atoms with E-state index in [0.29, 0.717) is 24.7 Å². The molecule has 0 N–H and O–H groups in total. The van der Waals surface area contributed by atoms with E-state index in [-0.39, 0.29) is 10.5 Å². The van der Waals surface area contributed by atoms with E-state index in [4.69, 9.17) is 0 Å². The molecular weight excluding hydrogens is 298 g/mol. The van der Waals surface area contributed by atoms with Crippen molar-refractivity contribution in [3.63, 3.8) is 0 Å². The summed E-state index contributed by atoms with van der Waals surface area (Å²) in [5.41, 5.74) is 0. The molecule has 0 radical (unpaired) electrons. The lowest BCUT2D eigenvalue weighted by molar-refractivity contribution is -0.0500. The summed E-state index contributed by atoms with van der Waals surface area (Å²) in [5, 5.41) is 0. The summed E-state index contributed by atoms with van der Waals surface area (Å²) in [6.45, 7) is 2.60. The second-order valence-electron chi connectivity index (χ2n) is 5.09. The molecule has 0 aliphatic carbocycles. The Hall–Kier alpha value is -1.24. The number of halogens is 2. The summed E-state index contributed by atoms with van der Waals surface area (Å²) < 4.78 is 40.6. The van der Waals surface area contributed by atoms with Crippen molar-refractivity contribution in [3.8, 4) is 5.75 Å². The van der Waals surface area contributed by atoms with Crippen LogP contribution in [0.2, 0.25) is 0 Å². The highest BCUT2D eigenvalue weighted by Gasteiger charge is 2.39. The smallest absolute Gasteiger partial charge is 0.387 e. The van der Waals surface area contributed by atoms with Crippen LogP contribution in [-0.4, -0.2) is 39.4 Å². The monoisotopic (exact) mass is 318 g/mol. The van der Waals surface area contributed by atoms with Gasteiger partial charge in [-0.15, -0.1) is 0 Å². The Morgan fingerprint density at radius 2 is 2.14 bits per heavy atom. The number of anilines is 1. The Morgan fingerprint density at radius 1 is 1.43 bits per heavy atom. The van der Waals surface area contributed by atoms with Gasteiger partial charge in [0.25, 0.3) is 0 Å². The number of pyridine rings is 1. The number of ether oxygens (including phenoxy) is 1. The third-order valence-corrected chi connectivity index (χ3v) is 6.29. The lowest BCUT2D eigenvalue weighted by Crippen LogP contribution is -2.53. The van der Waals surface area contributed by atoms with Gasteiger partial charge in [0.1, 0.15) is 11.6 Å². The lowest BCUT2D eigenvalue weighted by atomic mass is 10.0. The van der Waals surface area contributed by atoms with Crippen LogP contribution in [0.5, 0.6) is 5.75 Å². The van der Waals surface area contributed by atoms with E-state index < -0.39 is 17.4 Å². The molecule has 1 unspecified atom stereocenters. The Labute approximate surface area is 126 Å². The minimum atomic E-state index is -2.84. The molecule has 1 aromatic heterocycles. The third-order valence-electron chi connectivity index (χ3n) is 4.07. The second kappa shape index (κ2) is 6.68. The molecule has 1 aliphatic heterocycles. The van der Waals surface area contributed by atoms with Gasteiger partial charge in [0.15, 0.2) is 0 Å². The van der Waals surface area contributed by atoms with Crippen LogP contribution in [0.4, 0.5) is 14.6 Å². The van der Waals surface area contributed by atoms with Crippen LogP contribution >= 0.6 is 0 Å². The number of alkyl halides is 2. The average molecular weight is 318 g/mol. The van der Waals surface area contributed by atoms with Crippen LogP contribution in [0.25, 0.3) is 0 Å². The van der Waals surface area contributed by atoms with Crippen molar-refractivity contribution >= 4 is 16.6 Å². The fourth-order valence-electron chi connectivity index (χ4n) is 2.63. The highest BCUT2D eigenvalue weighted by atomic mass is 32.2. The molecule has 118 valence electrons. The van der Waals surface area contributed by atoms with Crippen LogP contribution in [0, 0.1) is 0 Å². The molecule has 21 heavy (non-hydrogen) atoms. The van der Waals surface area contributed by atoms with Crippen LogP contribution in [0.1, 0.15) is 26.7 Å². The summed E-state index contributed by atoms with van der Waals surface area (Å²) in [4.78, 5) is 6.25. The summed E-state index contributed by atoms with van der Waals surface area (Å²) in [6, 6.07) is 3.15. The normalized spacial score (nSPS) is 21.6. The van der Waals surface area contributed by atoms with Gasteiger partial charge in [-0.05, 0) is 25.0 Å². The number of nitrogens with zero attached hydrogens (tertiary/aromatic N) is 2. The highest BCUT2D eigenvalue weighted by Crippen LogP contribution is 2.31. The first-order valence-corrected chi connectivity index (χ1v) is 8.37. The minimum absolute atomic E-state index is 0.0478. The maximum Gasteiger partial charge on any atom is 0.387 e. The van der Waals surface area contributed by atoms with Crippen molar-refractivity contribution in [1.82, 2.24) is 4.98 Å². The van der Waals surface area contributed by atoms with Gasteiger partial charge in [-0.1, -0.05) is 13.8 Å². The molecule has 1 aliphatic rings. The number of hydrogen-bond donors (Lipinski definition) is 0. The van der Waals surface area contributed by atoms with E-state index in [2.05, 4.69) is 28.5 Å². The molecule has 0 bridgehead atoms. The zero-order valence-corrected chi connectivity index (χ0v) is 13.0. The Kier molecular flexibility index (Phi) is 5.13. The Bertz CT molecular complexity index is 492. The minimum Gasteiger partial charge on any atom is -0.433 e. The van der Waals surface area contributed by atoms with Crippen molar-refractivity contribution in [1.29, 1.82) is 0 Å². The highest BCUT2D eigenvalue weighted by molar-refractivity contribution is 7.86. The first kappa shape index (κ1) is 16.1. The van der Waals surface area contributed by atoms with Crippen molar-refractivity contribution in [2.75, 3.05) is 23.7 Å². The van der Waals surface area contributed by atoms with E-state index in [1.807, 2.05) is 0 Å². The molecule has 0 aromatic carbocycles. The van der Waals surface area contributed by atoms with Crippen LogP contribution in [0.3, 0.4) is 0 Å². The zero-order chi connectivity index (χ0) is 15.5. The van der Waals surface area contributed by atoms with Gasteiger partial charge in [0, 0.05) is 29.6 Å². The number of aromatic nitrogens is 1. The second-order valence-corrected chi connectivity index (χ2v) is 7.06. The molecule has 2 rings (SSSR count). The van der Waals surface area contributed by atoms with E-state index in [1.165, 1.54) is 12.3 Å². The Balaban J connectivity index is 2.13. The van der Waals surface area contributed by atoms with Crippen LogP contribution in [0.15, 0.2) is 18.3 Å². The zero-order valence-electron chi connectivity index (χ0n) is 12.2. The molecular formula is C14H20F2N2O2S. The maximum absolute atomic E-state index is 12.3. The van der Waals surface area contributed by atoms with E-state index >= 15 is 0 Å². The molecule has 1 aromatic rings. The van der Waals surface area contributed by atoms with Crippen LogP contribution in [-0.2, 0) is 10.8 Å². The predicted molar refractivity (Wildman–Crippen MR) is 79.4 cm³/mol. The average Bonchev–Trinajstić information content (AvgIpc) is 2.48. The molecule has 1 saturated heterocycles. The number of rotatable bonds is 5. The molecule has 0 amide bonds. The fourth-order valence-corrected chi connectivity index (χ4v) is 4.39. The first-order chi connectivity index (χ1) is 10.0. The third kappa shape index (κ3) is 3.51. The standard InChI is InChI=1S/C14H20F2N2O2S/c1-3-14(4-2)10-18(7-8-21(14)19)12-6-5-11(9-17-12)20-13(15)16/h5-6,9,13H,3-4,7-8,10H2,1-2H3. The first-order valence-electron chi connectivity index (χ1n) is 7.05. The van der Waals surface area contributed by atoms with Gasteiger partial charge >= 0.3 is 6.61 Å². The van der Waals surface area contributed by atoms with Gasteiger partial charge in [0.05, 0.1) is 10.9 Å². The molecule has 2 heterocycles. The van der Waals surface area contributed by atoms with Crippen molar-refractivity contribution in [2.45, 2.75) is 38.0 Å². The van der Waals surface area contributed by atoms with Crippen molar-refractivity contribution < 1.29 is 17.7 Å². The van der Waals surface area contributed by atoms with Gasteiger partial charge in [-0.3, -0.25) is 4.21 Å². The van der Waals surface area contributed by atoms with Gasteiger partial charge < -0.3 is 9.64 Å². The van der Waals surface area contributed by atoms with E-state index in [0.717, 1.165) is 12.8 Å². The molecule has 7 heteroatoms. The quantitative estimate of drug-likeness (QED) is 0.837. The van der Waals surface area contributed by atoms with Gasteiger partial charge in [-0.25, -0.2) is 4.98 Å². The van der Waals surface area contributed by atoms with Crippen LogP contribution < -0.4 is 9.64 Å². The summed E-state index contributed by atoms with van der Waals surface area (Å²) in [5.74, 6) is 1.37. The van der Waals surface area contributed by atoms with Gasteiger partial charge in [0.2, 0.25) is 0 Å². The number of hydrogen-bond acceptors (Lipinski definition) is 4. The fraction of sp³-hybridized carbons (Fsp3) is 0.643. The topological polar surface area (TPSA) is 42.4 Å². The molecule has 1 fully saturated rings.